The van der Waals surface area contributed by atoms with Gasteiger partial charge in [0.2, 0.25) is 0 Å². The molecule has 0 N–H and O–H groups in total. The van der Waals surface area contributed by atoms with Crippen molar-refractivity contribution in [1.82, 2.24) is 0 Å². The van der Waals surface area contributed by atoms with Crippen LogP contribution in [0.25, 0.3) is 0 Å². The molecule has 3 saturated carbocycles. The first-order chi connectivity index (χ1) is 8.69. The topological polar surface area (TPSA) is 0 Å². The number of hydrogen-bond donors (Lipinski definition) is 0. The maximum absolute atomic E-state index is 2.49. The molecule has 0 nitrogen and oxygen atoms in total. The quantitative estimate of drug-likeness (QED) is 0.643. The van der Waals surface area contributed by atoms with Gasteiger partial charge in [-0.25, -0.2) is 0 Å². The summed E-state index contributed by atoms with van der Waals surface area (Å²) in [7, 11) is -0.724. The van der Waals surface area contributed by atoms with Crippen molar-refractivity contribution in [3.8, 4) is 0 Å². The Bertz CT molecular complexity index is 299. The molecule has 0 amide bonds. The van der Waals surface area contributed by atoms with Crippen molar-refractivity contribution in [1.29, 1.82) is 0 Å². The first kappa shape index (κ1) is 12.2. The fourth-order valence-corrected chi connectivity index (χ4v) is 13.1. The van der Waals surface area contributed by atoms with E-state index in [1.165, 1.54) is 23.2 Å². The van der Waals surface area contributed by atoms with E-state index < -0.39 is 7.26 Å². The van der Waals surface area contributed by atoms with Crippen molar-refractivity contribution in [2.75, 3.05) is 12.3 Å². The Kier molecular flexibility index (Phi) is 2.85. The van der Waals surface area contributed by atoms with E-state index in [0.29, 0.717) is 0 Å². The summed E-state index contributed by atoms with van der Waals surface area (Å²) >= 11 is 0. The molecule has 3 aliphatic carbocycles. The average Bonchev–Trinajstić information content (AvgIpc) is 2.91. The molecule has 1 aliphatic heterocycles. The maximum atomic E-state index is 2.49. The van der Waals surface area contributed by atoms with Gasteiger partial charge >= 0.3 is 113 Å². The Labute approximate surface area is 114 Å². The van der Waals surface area contributed by atoms with Gasteiger partial charge in [-0.15, -0.1) is 0 Å². The van der Waals surface area contributed by atoms with Crippen LogP contribution in [0.4, 0.5) is 0 Å². The Morgan fingerprint density at radius 2 is 1.33 bits per heavy atom. The van der Waals surface area contributed by atoms with E-state index in [4.69, 9.17) is 0 Å². The summed E-state index contributed by atoms with van der Waals surface area (Å²) < 4.78 is 0. The molecule has 0 unspecified atom stereocenters. The summed E-state index contributed by atoms with van der Waals surface area (Å²) in [5.74, 6) is 4.54. The predicted molar refractivity (Wildman–Crippen MR) is 83.3 cm³/mol. The van der Waals surface area contributed by atoms with Crippen LogP contribution in [-0.4, -0.2) is 23.6 Å². The van der Waals surface area contributed by atoms with Crippen LogP contribution in [0.1, 0.15) is 58.8 Å². The van der Waals surface area contributed by atoms with Crippen LogP contribution in [0.15, 0.2) is 0 Å². The third kappa shape index (κ3) is 1.74. The summed E-state index contributed by atoms with van der Waals surface area (Å²) in [5.41, 5.74) is 2.60. The summed E-state index contributed by atoms with van der Waals surface area (Å²) in [5, 5.41) is 0. The fourth-order valence-electron chi connectivity index (χ4n) is 5.98. The van der Waals surface area contributed by atoms with Gasteiger partial charge in [0.1, 0.15) is 0 Å². The molecule has 1 heteroatoms. The van der Waals surface area contributed by atoms with E-state index in [0.717, 1.165) is 11.8 Å². The SMILES string of the molecule is CC1CC(C(C2CC(C)C2)[PH]2(C3CCC3)CC2)C1. The molecule has 4 aliphatic rings. The molecular weight excluding hydrogens is 235 g/mol. The summed E-state index contributed by atoms with van der Waals surface area (Å²) in [6.45, 7) is 4.98. The first-order valence-electron chi connectivity index (χ1n) is 8.69. The number of hydrogen-bond acceptors (Lipinski definition) is 0. The van der Waals surface area contributed by atoms with E-state index >= 15 is 0 Å². The van der Waals surface area contributed by atoms with Gasteiger partial charge in [-0.1, -0.05) is 0 Å². The Morgan fingerprint density at radius 1 is 0.833 bits per heavy atom. The van der Waals surface area contributed by atoms with E-state index in [9.17, 15) is 0 Å². The van der Waals surface area contributed by atoms with E-state index in [-0.39, 0.29) is 0 Å². The Balaban J connectivity index is 1.51. The van der Waals surface area contributed by atoms with Gasteiger partial charge in [0, 0.05) is 0 Å². The van der Waals surface area contributed by atoms with Gasteiger partial charge in [-0.3, -0.25) is 0 Å². The Morgan fingerprint density at radius 3 is 1.61 bits per heavy atom. The zero-order valence-electron chi connectivity index (χ0n) is 12.3. The molecule has 0 aromatic heterocycles. The summed E-state index contributed by atoms with van der Waals surface area (Å²) in [4.78, 5) is 0. The zero-order chi connectivity index (χ0) is 12.3. The van der Waals surface area contributed by atoms with Gasteiger partial charge in [-0.2, -0.15) is 0 Å². The Hall–Kier alpha value is 0.430. The molecule has 0 aromatic carbocycles. The van der Waals surface area contributed by atoms with E-state index in [1.54, 1.807) is 57.3 Å². The van der Waals surface area contributed by atoms with Gasteiger partial charge < -0.3 is 0 Å². The van der Waals surface area contributed by atoms with E-state index in [2.05, 4.69) is 13.8 Å². The van der Waals surface area contributed by atoms with Crippen molar-refractivity contribution < 1.29 is 0 Å². The molecule has 1 saturated heterocycles. The van der Waals surface area contributed by atoms with Gasteiger partial charge in [-0.05, 0) is 0 Å². The van der Waals surface area contributed by atoms with Crippen molar-refractivity contribution in [2.45, 2.75) is 70.1 Å². The van der Waals surface area contributed by atoms with Gasteiger partial charge in [0.25, 0.3) is 0 Å². The van der Waals surface area contributed by atoms with Crippen LogP contribution in [0, 0.1) is 23.7 Å². The fraction of sp³-hybridized carbons (Fsp3) is 1.00. The summed E-state index contributed by atoms with van der Waals surface area (Å²) in [6, 6.07) is 0. The first-order valence-corrected chi connectivity index (χ1v) is 11.3. The van der Waals surface area contributed by atoms with Crippen LogP contribution >= 0.6 is 7.26 Å². The van der Waals surface area contributed by atoms with Crippen LogP contribution < -0.4 is 0 Å². The molecular formula is C17H31P. The monoisotopic (exact) mass is 266 g/mol. The van der Waals surface area contributed by atoms with Crippen LogP contribution in [-0.2, 0) is 0 Å². The van der Waals surface area contributed by atoms with Crippen molar-refractivity contribution in [2.24, 2.45) is 23.7 Å². The van der Waals surface area contributed by atoms with Crippen molar-refractivity contribution in [3.05, 3.63) is 0 Å². The molecule has 0 radical (unpaired) electrons. The van der Waals surface area contributed by atoms with Crippen LogP contribution in [0.2, 0.25) is 0 Å². The van der Waals surface area contributed by atoms with Gasteiger partial charge in [0.05, 0.1) is 0 Å². The van der Waals surface area contributed by atoms with E-state index in [1.807, 2.05) is 0 Å². The molecule has 0 atom stereocenters. The molecule has 104 valence electrons. The third-order valence-electron chi connectivity index (χ3n) is 7.25. The predicted octanol–water partition coefficient (Wildman–Crippen LogP) is 4.76. The van der Waals surface area contributed by atoms with Crippen LogP contribution in [0.3, 0.4) is 0 Å². The molecule has 0 bridgehead atoms. The minimum atomic E-state index is -0.724. The number of rotatable bonds is 4. The molecule has 0 spiro atoms. The molecule has 4 rings (SSSR count). The molecule has 4 fully saturated rings. The van der Waals surface area contributed by atoms with Crippen LogP contribution in [0.5, 0.6) is 0 Å². The molecule has 1 heterocycles. The zero-order valence-corrected chi connectivity index (χ0v) is 13.3. The van der Waals surface area contributed by atoms with Crippen molar-refractivity contribution in [3.63, 3.8) is 0 Å². The second-order valence-corrected chi connectivity index (χ2v) is 13.5. The average molecular weight is 266 g/mol. The van der Waals surface area contributed by atoms with Crippen molar-refractivity contribution >= 4 is 7.26 Å². The standard InChI is InChI=1S/C17H31P/c1-12-8-14(9-12)17(15-10-13(2)11-15)18(6-7-18)16-4-3-5-16/h12-18H,3-11H2,1-2H3. The van der Waals surface area contributed by atoms with Gasteiger partial charge in [0.15, 0.2) is 0 Å². The summed E-state index contributed by atoms with van der Waals surface area (Å²) in [6.07, 6.45) is 14.8. The minimum absolute atomic E-state index is 0.724. The third-order valence-corrected chi connectivity index (χ3v) is 13.4. The second-order valence-electron chi connectivity index (χ2n) is 8.56. The molecule has 18 heavy (non-hydrogen) atoms. The normalized spacial score (nSPS) is 49.4. The second kappa shape index (κ2) is 4.21. The molecule has 0 aromatic rings.